The van der Waals surface area contributed by atoms with E-state index in [4.69, 9.17) is 0 Å². The van der Waals surface area contributed by atoms with Crippen LogP contribution >= 0.6 is 0 Å². The van der Waals surface area contributed by atoms with Gasteiger partial charge in [0.05, 0.1) is 6.54 Å². The number of carbonyl (C=O) groups excluding carboxylic acids is 3. The molecular weight excluding hydrogens is 318 g/mol. The van der Waals surface area contributed by atoms with Gasteiger partial charge >= 0.3 is 0 Å². The van der Waals surface area contributed by atoms with Gasteiger partial charge in [0.2, 0.25) is 11.8 Å². The predicted octanol–water partition coefficient (Wildman–Crippen LogP) is 1.34. The molecule has 0 atom stereocenters. The highest BCUT2D eigenvalue weighted by atomic mass is 16.2. The van der Waals surface area contributed by atoms with E-state index in [2.05, 4.69) is 5.32 Å². The van der Waals surface area contributed by atoms with Crippen molar-refractivity contribution in [3.63, 3.8) is 0 Å². The van der Waals surface area contributed by atoms with Crippen LogP contribution in [-0.2, 0) is 9.59 Å². The smallest absolute Gasteiger partial charge is 0.251 e. The van der Waals surface area contributed by atoms with Crippen LogP contribution in [0.1, 0.15) is 41.6 Å². The Kier molecular flexibility index (Phi) is 5.36. The molecule has 0 aliphatic carbocycles. The Morgan fingerprint density at radius 1 is 1.16 bits per heavy atom. The van der Waals surface area contributed by atoms with Crippen molar-refractivity contribution in [1.29, 1.82) is 0 Å². The maximum Gasteiger partial charge on any atom is 0.251 e. The lowest BCUT2D eigenvalue weighted by Crippen LogP contribution is -2.49. The fourth-order valence-corrected chi connectivity index (χ4v) is 3.50. The average molecular weight is 343 g/mol. The molecule has 1 aromatic carbocycles. The second-order valence-corrected chi connectivity index (χ2v) is 6.86. The molecule has 6 nitrogen and oxygen atoms in total. The first-order valence-electron chi connectivity index (χ1n) is 8.96. The third kappa shape index (κ3) is 4.18. The molecule has 0 spiro atoms. The van der Waals surface area contributed by atoms with E-state index in [-0.39, 0.29) is 30.3 Å². The summed E-state index contributed by atoms with van der Waals surface area (Å²) < 4.78 is 0. The maximum atomic E-state index is 12.4. The van der Waals surface area contributed by atoms with E-state index in [1.54, 1.807) is 4.90 Å². The van der Waals surface area contributed by atoms with E-state index >= 15 is 0 Å². The number of aryl methyl sites for hydroxylation is 1. The summed E-state index contributed by atoms with van der Waals surface area (Å²) in [6, 6.07) is 7.63. The van der Waals surface area contributed by atoms with Crippen LogP contribution in [0.5, 0.6) is 0 Å². The summed E-state index contributed by atoms with van der Waals surface area (Å²) in [6.45, 7) is 4.06. The van der Waals surface area contributed by atoms with Crippen molar-refractivity contribution in [2.75, 3.05) is 26.2 Å². The number of likely N-dealkylation sites (tertiary alicyclic amines) is 2. The summed E-state index contributed by atoms with van der Waals surface area (Å²) in [6.07, 6.45) is 2.90. The molecule has 0 radical (unpaired) electrons. The van der Waals surface area contributed by atoms with Crippen molar-refractivity contribution >= 4 is 17.7 Å². The summed E-state index contributed by atoms with van der Waals surface area (Å²) >= 11 is 0. The summed E-state index contributed by atoms with van der Waals surface area (Å²) in [5.74, 6) is 0.0400. The molecule has 0 saturated carbocycles. The average Bonchev–Trinajstić information content (AvgIpc) is 3.00. The topological polar surface area (TPSA) is 69.7 Å². The SMILES string of the molecule is Cc1ccccc1C(=O)NC1CCN(C(=O)CN2CCCC2=O)CC1. The largest absolute Gasteiger partial charge is 0.349 e. The van der Waals surface area contributed by atoms with E-state index < -0.39 is 0 Å². The van der Waals surface area contributed by atoms with Gasteiger partial charge in [0.1, 0.15) is 0 Å². The molecule has 2 heterocycles. The Morgan fingerprint density at radius 2 is 1.88 bits per heavy atom. The minimum absolute atomic E-state index is 0.0129. The highest BCUT2D eigenvalue weighted by Crippen LogP contribution is 2.15. The molecule has 2 fully saturated rings. The molecular formula is C19H25N3O3. The number of hydrogen-bond donors (Lipinski definition) is 1. The monoisotopic (exact) mass is 343 g/mol. The predicted molar refractivity (Wildman–Crippen MR) is 94.1 cm³/mol. The first-order valence-corrected chi connectivity index (χ1v) is 8.96. The molecule has 2 saturated heterocycles. The number of hydrogen-bond acceptors (Lipinski definition) is 3. The number of rotatable bonds is 4. The zero-order chi connectivity index (χ0) is 17.8. The van der Waals surface area contributed by atoms with Crippen molar-refractivity contribution in [2.45, 2.75) is 38.6 Å². The van der Waals surface area contributed by atoms with E-state index in [9.17, 15) is 14.4 Å². The van der Waals surface area contributed by atoms with Crippen molar-refractivity contribution in [3.8, 4) is 0 Å². The van der Waals surface area contributed by atoms with Crippen molar-refractivity contribution in [2.24, 2.45) is 0 Å². The fourth-order valence-electron chi connectivity index (χ4n) is 3.50. The van der Waals surface area contributed by atoms with E-state index in [0.29, 0.717) is 31.6 Å². The Bertz CT molecular complexity index is 666. The molecule has 0 unspecified atom stereocenters. The molecule has 2 aliphatic rings. The second kappa shape index (κ2) is 7.68. The van der Waals surface area contributed by atoms with Crippen LogP contribution in [0.2, 0.25) is 0 Å². The highest BCUT2D eigenvalue weighted by molar-refractivity contribution is 5.95. The van der Waals surface area contributed by atoms with Crippen LogP contribution in [0.15, 0.2) is 24.3 Å². The van der Waals surface area contributed by atoms with Crippen LogP contribution in [0.4, 0.5) is 0 Å². The normalized spacial score (nSPS) is 18.5. The van der Waals surface area contributed by atoms with Gasteiger partial charge in [-0.15, -0.1) is 0 Å². The number of nitrogens with one attached hydrogen (secondary N) is 1. The quantitative estimate of drug-likeness (QED) is 0.897. The Labute approximate surface area is 148 Å². The Balaban J connectivity index is 1.47. The molecule has 25 heavy (non-hydrogen) atoms. The summed E-state index contributed by atoms with van der Waals surface area (Å²) in [7, 11) is 0. The number of amides is 3. The summed E-state index contributed by atoms with van der Waals surface area (Å²) in [5, 5.41) is 3.07. The highest BCUT2D eigenvalue weighted by Gasteiger charge is 2.28. The number of carbonyl (C=O) groups is 3. The van der Waals surface area contributed by atoms with E-state index in [1.165, 1.54) is 0 Å². The Hall–Kier alpha value is -2.37. The van der Waals surface area contributed by atoms with E-state index in [1.807, 2.05) is 36.1 Å². The fraction of sp³-hybridized carbons (Fsp3) is 0.526. The zero-order valence-electron chi connectivity index (χ0n) is 14.7. The van der Waals surface area contributed by atoms with Gasteiger partial charge in [0.15, 0.2) is 0 Å². The minimum Gasteiger partial charge on any atom is -0.349 e. The van der Waals surface area contributed by atoms with Gasteiger partial charge in [0, 0.05) is 37.7 Å². The number of benzene rings is 1. The molecule has 1 aromatic rings. The molecule has 0 aromatic heterocycles. The second-order valence-electron chi connectivity index (χ2n) is 6.86. The Morgan fingerprint density at radius 3 is 2.52 bits per heavy atom. The summed E-state index contributed by atoms with van der Waals surface area (Å²) in [5.41, 5.74) is 1.66. The minimum atomic E-state index is -0.0504. The van der Waals surface area contributed by atoms with Crippen LogP contribution in [0.3, 0.4) is 0 Å². The number of piperidine rings is 1. The lowest BCUT2D eigenvalue weighted by Gasteiger charge is -2.33. The molecule has 3 rings (SSSR count). The molecule has 2 aliphatic heterocycles. The zero-order valence-corrected chi connectivity index (χ0v) is 14.7. The van der Waals surface area contributed by atoms with Crippen molar-refractivity contribution in [3.05, 3.63) is 35.4 Å². The molecule has 0 bridgehead atoms. The van der Waals surface area contributed by atoms with Crippen molar-refractivity contribution in [1.82, 2.24) is 15.1 Å². The third-order valence-corrected chi connectivity index (χ3v) is 5.07. The molecule has 1 N–H and O–H groups in total. The van der Waals surface area contributed by atoms with Gasteiger partial charge in [-0.2, -0.15) is 0 Å². The first-order chi connectivity index (χ1) is 12.0. The number of nitrogens with zero attached hydrogens (tertiary/aromatic N) is 2. The molecule has 134 valence electrons. The maximum absolute atomic E-state index is 12.4. The first kappa shape index (κ1) is 17.5. The molecule has 6 heteroatoms. The van der Waals surface area contributed by atoms with Gasteiger partial charge < -0.3 is 15.1 Å². The lowest BCUT2D eigenvalue weighted by atomic mass is 10.0. The van der Waals surface area contributed by atoms with Crippen LogP contribution in [0.25, 0.3) is 0 Å². The van der Waals surface area contributed by atoms with Crippen LogP contribution < -0.4 is 5.32 Å². The van der Waals surface area contributed by atoms with Gasteiger partial charge in [-0.3, -0.25) is 14.4 Å². The van der Waals surface area contributed by atoms with Gasteiger partial charge in [-0.05, 0) is 37.8 Å². The van der Waals surface area contributed by atoms with Crippen LogP contribution in [0, 0.1) is 6.92 Å². The molecule has 3 amide bonds. The van der Waals surface area contributed by atoms with Crippen LogP contribution in [-0.4, -0.2) is 59.7 Å². The summed E-state index contributed by atoms with van der Waals surface area (Å²) in [4.78, 5) is 39.8. The van der Waals surface area contributed by atoms with Crippen molar-refractivity contribution < 1.29 is 14.4 Å². The van der Waals surface area contributed by atoms with E-state index in [0.717, 1.165) is 24.8 Å². The lowest BCUT2D eigenvalue weighted by molar-refractivity contribution is -0.139. The van der Waals surface area contributed by atoms with Gasteiger partial charge in [-0.25, -0.2) is 0 Å². The van der Waals surface area contributed by atoms with Gasteiger partial charge in [0.25, 0.3) is 5.91 Å². The van der Waals surface area contributed by atoms with Gasteiger partial charge in [-0.1, -0.05) is 18.2 Å². The standard InChI is InChI=1S/C19H25N3O3/c1-14-5-2-3-6-16(14)19(25)20-15-8-11-21(12-9-15)18(24)13-22-10-4-7-17(22)23/h2-3,5-6,15H,4,7-13H2,1H3,(H,20,25). The third-order valence-electron chi connectivity index (χ3n) is 5.07.